The second-order valence-electron chi connectivity index (χ2n) is 5.64. The van der Waals surface area contributed by atoms with Gasteiger partial charge in [-0.15, -0.1) is 0 Å². The third-order valence-corrected chi connectivity index (χ3v) is 3.92. The van der Waals surface area contributed by atoms with E-state index in [1.165, 1.54) is 10.7 Å². The van der Waals surface area contributed by atoms with Crippen molar-refractivity contribution < 1.29 is 23.0 Å². The number of H-pyrrole nitrogens is 1. The number of hydrogen-bond acceptors (Lipinski definition) is 5. The summed E-state index contributed by atoms with van der Waals surface area (Å²) in [6, 6.07) is 2.98. The van der Waals surface area contributed by atoms with Gasteiger partial charge in [-0.25, -0.2) is 14.1 Å². The number of fused-ring (bicyclic) bond motifs is 1. The molecule has 10 heteroatoms. The monoisotopic (exact) mass is 368 g/mol. The summed E-state index contributed by atoms with van der Waals surface area (Å²) in [6.07, 6.45) is 0. The number of aliphatic hydroxyl groups is 1. The van der Waals surface area contributed by atoms with Crippen molar-refractivity contribution in [3.8, 4) is 5.75 Å². The molecule has 1 aromatic carbocycles. The number of benzene rings is 1. The van der Waals surface area contributed by atoms with Crippen LogP contribution in [0.5, 0.6) is 5.75 Å². The normalized spacial score (nSPS) is 12.7. The van der Waals surface area contributed by atoms with Crippen LogP contribution in [0.4, 0.5) is 13.2 Å². The predicted octanol–water partition coefficient (Wildman–Crippen LogP) is 2.27. The average Bonchev–Trinajstić information content (AvgIpc) is 2.94. The first-order valence-corrected chi connectivity index (χ1v) is 7.65. The molecule has 1 unspecified atom stereocenters. The van der Waals surface area contributed by atoms with Crippen molar-refractivity contribution in [2.75, 3.05) is 0 Å². The number of nitrogens with zero attached hydrogens (tertiary/aromatic N) is 3. The van der Waals surface area contributed by atoms with Crippen LogP contribution in [0.15, 0.2) is 23.0 Å². The summed E-state index contributed by atoms with van der Waals surface area (Å²) in [5.41, 5.74) is 0.328. The Balaban J connectivity index is 2.09. The first-order valence-electron chi connectivity index (χ1n) is 7.65. The average molecular weight is 368 g/mol. The van der Waals surface area contributed by atoms with Gasteiger partial charge >= 0.3 is 6.61 Å². The van der Waals surface area contributed by atoms with Crippen LogP contribution in [0.2, 0.25) is 0 Å². The first kappa shape index (κ1) is 17.9. The van der Waals surface area contributed by atoms with Gasteiger partial charge in [-0.1, -0.05) is 6.07 Å². The summed E-state index contributed by atoms with van der Waals surface area (Å²) >= 11 is 0. The van der Waals surface area contributed by atoms with Crippen LogP contribution in [-0.4, -0.2) is 31.5 Å². The van der Waals surface area contributed by atoms with E-state index in [9.17, 15) is 23.1 Å². The van der Waals surface area contributed by atoms with E-state index in [1.807, 2.05) is 0 Å². The summed E-state index contributed by atoms with van der Waals surface area (Å²) in [5, 5.41) is 13.8. The smallest absolute Gasteiger partial charge is 0.387 e. The van der Waals surface area contributed by atoms with E-state index in [0.29, 0.717) is 11.4 Å². The summed E-state index contributed by atoms with van der Waals surface area (Å²) in [4.78, 5) is 18.9. The molecule has 3 rings (SSSR count). The molecular formula is C16H15F3N4O3. The zero-order valence-corrected chi connectivity index (χ0v) is 13.8. The van der Waals surface area contributed by atoms with E-state index in [4.69, 9.17) is 0 Å². The van der Waals surface area contributed by atoms with Crippen LogP contribution in [-0.2, 0) is 6.61 Å². The Hall–Kier alpha value is -2.88. The molecule has 0 spiro atoms. The molecule has 0 saturated carbocycles. The number of nitrogens with one attached hydrogen (secondary N) is 1. The highest BCUT2D eigenvalue weighted by Gasteiger charge is 2.21. The minimum absolute atomic E-state index is 0.138. The number of halogens is 3. The predicted molar refractivity (Wildman–Crippen MR) is 85.7 cm³/mol. The fourth-order valence-corrected chi connectivity index (χ4v) is 2.71. The molecule has 0 bridgehead atoms. The lowest BCUT2D eigenvalue weighted by Gasteiger charge is -2.15. The third-order valence-electron chi connectivity index (χ3n) is 3.92. The van der Waals surface area contributed by atoms with Crippen molar-refractivity contribution in [3.63, 3.8) is 0 Å². The zero-order chi connectivity index (χ0) is 19.0. The fourth-order valence-electron chi connectivity index (χ4n) is 2.71. The van der Waals surface area contributed by atoms with Gasteiger partial charge in [0.25, 0.3) is 5.56 Å². The molecule has 0 saturated heterocycles. The second-order valence-corrected chi connectivity index (χ2v) is 5.64. The Morgan fingerprint density at radius 1 is 1.38 bits per heavy atom. The van der Waals surface area contributed by atoms with Crippen LogP contribution >= 0.6 is 0 Å². The molecule has 0 radical (unpaired) electrons. The maximum absolute atomic E-state index is 14.0. The lowest BCUT2D eigenvalue weighted by molar-refractivity contribution is -0.0522. The number of aliphatic hydroxyl groups excluding tert-OH is 1. The van der Waals surface area contributed by atoms with E-state index in [0.717, 1.165) is 12.1 Å². The first-order chi connectivity index (χ1) is 12.3. The maximum atomic E-state index is 14.0. The fraction of sp³-hybridized carbons (Fsp3) is 0.312. The van der Waals surface area contributed by atoms with Crippen LogP contribution in [0.3, 0.4) is 0 Å². The van der Waals surface area contributed by atoms with E-state index in [2.05, 4.69) is 19.8 Å². The Morgan fingerprint density at radius 3 is 2.73 bits per heavy atom. The van der Waals surface area contributed by atoms with Crippen LogP contribution < -0.4 is 10.3 Å². The van der Waals surface area contributed by atoms with Gasteiger partial charge in [0.05, 0.1) is 12.6 Å². The molecule has 138 valence electrons. The van der Waals surface area contributed by atoms with Crippen molar-refractivity contribution in [1.82, 2.24) is 19.7 Å². The molecule has 2 N–H and O–H groups in total. The second kappa shape index (κ2) is 6.79. The Kier molecular flexibility index (Phi) is 4.68. The number of ether oxygens (including phenoxy) is 1. The number of aryl methyl sites for hydroxylation is 1. The Bertz CT molecular complexity index is 1020. The largest absolute Gasteiger partial charge is 0.432 e. The van der Waals surface area contributed by atoms with Crippen molar-refractivity contribution >= 4 is 11.0 Å². The highest BCUT2D eigenvalue weighted by Crippen LogP contribution is 2.27. The van der Waals surface area contributed by atoms with Gasteiger partial charge in [-0.3, -0.25) is 4.79 Å². The van der Waals surface area contributed by atoms with Gasteiger partial charge in [0.1, 0.15) is 16.9 Å². The van der Waals surface area contributed by atoms with E-state index in [1.54, 1.807) is 13.8 Å². The molecule has 0 aliphatic carbocycles. The van der Waals surface area contributed by atoms with E-state index < -0.39 is 36.4 Å². The van der Waals surface area contributed by atoms with Crippen LogP contribution in [0.25, 0.3) is 11.0 Å². The lowest BCUT2D eigenvalue weighted by atomic mass is 10.1. The van der Waals surface area contributed by atoms with E-state index >= 15 is 0 Å². The van der Waals surface area contributed by atoms with Gasteiger partial charge in [-0.2, -0.15) is 13.9 Å². The van der Waals surface area contributed by atoms with Crippen LogP contribution in [0, 0.1) is 12.7 Å². The topological polar surface area (TPSA) is 93.0 Å². The molecular weight excluding hydrogens is 353 g/mol. The number of aromatic amines is 1. The maximum Gasteiger partial charge on any atom is 0.387 e. The van der Waals surface area contributed by atoms with Gasteiger partial charge in [0.2, 0.25) is 0 Å². The summed E-state index contributed by atoms with van der Waals surface area (Å²) in [7, 11) is 0. The number of alkyl halides is 2. The highest BCUT2D eigenvalue weighted by atomic mass is 19.3. The molecule has 0 aliphatic rings. The Morgan fingerprint density at radius 2 is 2.12 bits per heavy atom. The number of aromatic nitrogens is 4. The standard InChI is InChI=1S/C16H15F3N4O3/c1-7(9-3-4-12(10(17)5-9)26-16(18)19)23-14-13(11(6-24)22-23)15(25)21-8(2)20-14/h3-5,7,16,24H,6H2,1-2H3,(H,20,21,25). The van der Waals surface area contributed by atoms with E-state index in [-0.39, 0.29) is 16.7 Å². The summed E-state index contributed by atoms with van der Waals surface area (Å²) in [5.74, 6) is -1.16. The number of rotatable bonds is 5. The van der Waals surface area contributed by atoms with Crippen molar-refractivity contribution in [2.45, 2.75) is 33.1 Å². The van der Waals surface area contributed by atoms with Gasteiger partial charge < -0.3 is 14.8 Å². The van der Waals surface area contributed by atoms with Gasteiger partial charge in [0.15, 0.2) is 17.2 Å². The molecule has 7 nitrogen and oxygen atoms in total. The molecule has 3 aromatic rings. The highest BCUT2D eigenvalue weighted by molar-refractivity contribution is 5.77. The van der Waals surface area contributed by atoms with Gasteiger partial charge in [-0.05, 0) is 31.5 Å². The molecule has 2 aromatic heterocycles. The molecule has 0 aliphatic heterocycles. The van der Waals surface area contributed by atoms with Crippen molar-refractivity contribution in [2.24, 2.45) is 0 Å². The third kappa shape index (κ3) is 3.15. The molecule has 2 heterocycles. The van der Waals surface area contributed by atoms with Crippen molar-refractivity contribution in [3.05, 3.63) is 51.5 Å². The lowest BCUT2D eigenvalue weighted by Crippen LogP contribution is -2.13. The molecule has 1 atom stereocenters. The zero-order valence-electron chi connectivity index (χ0n) is 13.8. The summed E-state index contributed by atoms with van der Waals surface area (Å²) < 4.78 is 44.0. The minimum atomic E-state index is -3.13. The number of hydrogen-bond donors (Lipinski definition) is 2. The SMILES string of the molecule is Cc1nc2c(c(CO)nn2C(C)c2ccc(OC(F)F)c(F)c2)c(=O)[nH]1. The minimum Gasteiger partial charge on any atom is -0.432 e. The Labute approximate surface area is 145 Å². The molecule has 26 heavy (non-hydrogen) atoms. The quantitative estimate of drug-likeness (QED) is 0.721. The van der Waals surface area contributed by atoms with Crippen LogP contribution in [0.1, 0.15) is 30.0 Å². The molecule has 0 amide bonds. The van der Waals surface area contributed by atoms with Gasteiger partial charge in [0, 0.05) is 0 Å². The summed E-state index contributed by atoms with van der Waals surface area (Å²) in [6.45, 7) is -0.334. The molecule has 0 fully saturated rings. The van der Waals surface area contributed by atoms with Crippen molar-refractivity contribution in [1.29, 1.82) is 0 Å².